The number of hydrogen-bond acceptors (Lipinski definition) is 4. The third kappa shape index (κ3) is 4.74. The van der Waals surface area contributed by atoms with Crippen molar-refractivity contribution in [3.8, 4) is 6.07 Å². The van der Waals surface area contributed by atoms with E-state index in [0.717, 1.165) is 5.69 Å². The van der Waals surface area contributed by atoms with Crippen molar-refractivity contribution in [2.45, 2.75) is 26.2 Å². The molecule has 2 aromatic carbocycles. The molecular weight excluding hydrogens is 348 g/mol. The second-order valence-corrected chi connectivity index (χ2v) is 7.53. The van der Waals surface area contributed by atoms with Crippen LogP contribution in [0.1, 0.15) is 42.3 Å². The maximum Gasteiger partial charge on any atom is 0.255 e. The van der Waals surface area contributed by atoms with Gasteiger partial charge >= 0.3 is 0 Å². The second kappa shape index (κ2) is 7.93. The van der Waals surface area contributed by atoms with Crippen LogP contribution in [-0.2, 0) is 5.41 Å². The Morgan fingerprint density at radius 1 is 0.964 bits per heavy atom. The zero-order chi connectivity index (χ0) is 20.1. The van der Waals surface area contributed by atoms with E-state index in [9.17, 15) is 4.79 Å². The number of hydrogen-bond donors (Lipinski definition) is 2. The molecule has 1 heterocycles. The molecule has 0 unspecified atom stereocenters. The number of nitrogens with one attached hydrogen (secondary N) is 2. The Morgan fingerprint density at radius 3 is 2.21 bits per heavy atom. The van der Waals surface area contributed by atoms with Gasteiger partial charge in [-0.15, -0.1) is 0 Å². The number of anilines is 3. The summed E-state index contributed by atoms with van der Waals surface area (Å²) in [7, 11) is 0. The summed E-state index contributed by atoms with van der Waals surface area (Å²) in [5.41, 5.74) is 3.93. The lowest BCUT2D eigenvalue weighted by Crippen LogP contribution is -2.12. The summed E-state index contributed by atoms with van der Waals surface area (Å²) in [4.78, 5) is 16.8. The Hall–Kier alpha value is -3.65. The van der Waals surface area contributed by atoms with Gasteiger partial charge in [0.2, 0.25) is 0 Å². The van der Waals surface area contributed by atoms with E-state index in [-0.39, 0.29) is 11.3 Å². The van der Waals surface area contributed by atoms with E-state index in [0.29, 0.717) is 22.6 Å². The molecule has 3 rings (SSSR count). The molecule has 5 heteroatoms. The number of rotatable bonds is 4. The van der Waals surface area contributed by atoms with Gasteiger partial charge in [0, 0.05) is 23.1 Å². The van der Waals surface area contributed by atoms with Crippen molar-refractivity contribution < 1.29 is 4.79 Å². The van der Waals surface area contributed by atoms with Crippen molar-refractivity contribution in [3.63, 3.8) is 0 Å². The molecule has 1 aromatic heterocycles. The van der Waals surface area contributed by atoms with E-state index in [1.54, 1.807) is 42.6 Å². The highest BCUT2D eigenvalue weighted by Gasteiger charge is 2.13. The molecule has 0 saturated heterocycles. The SMILES string of the molecule is CC(C)(C)c1ccc(Nc2cc(C(=O)Nc3ccc(C#N)cc3)ccn2)cc1. The number of nitriles is 1. The minimum atomic E-state index is -0.238. The quantitative estimate of drug-likeness (QED) is 0.658. The highest BCUT2D eigenvalue weighted by molar-refractivity contribution is 6.04. The summed E-state index contributed by atoms with van der Waals surface area (Å²) in [5, 5.41) is 14.9. The van der Waals surface area contributed by atoms with Gasteiger partial charge in [0.05, 0.1) is 11.6 Å². The van der Waals surface area contributed by atoms with Crippen LogP contribution in [0.3, 0.4) is 0 Å². The summed E-state index contributed by atoms with van der Waals surface area (Å²) in [6.07, 6.45) is 1.60. The fourth-order valence-corrected chi connectivity index (χ4v) is 2.67. The Bertz CT molecular complexity index is 1010. The van der Waals surface area contributed by atoms with E-state index in [1.807, 2.05) is 12.1 Å². The zero-order valence-electron chi connectivity index (χ0n) is 16.2. The number of carbonyl (C=O) groups is 1. The number of amides is 1. The first-order valence-electron chi connectivity index (χ1n) is 9.00. The van der Waals surface area contributed by atoms with Gasteiger partial charge in [0.25, 0.3) is 5.91 Å². The molecule has 0 bridgehead atoms. The Morgan fingerprint density at radius 2 is 1.61 bits per heavy atom. The molecule has 0 fully saturated rings. The molecule has 1 amide bonds. The van der Waals surface area contributed by atoms with E-state index in [1.165, 1.54) is 5.56 Å². The van der Waals surface area contributed by atoms with Crippen LogP contribution in [0, 0.1) is 11.3 Å². The van der Waals surface area contributed by atoms with Gasteiger partial charge in [-0.1, -0.05) is 32.9 Å². The molecule has 0 saturated carbocycles. The van der Waals surface area contributed by atoms with Crippen LogP contribution in [0.2, 0.25) is 0 Å². The lowest BCUT2D eigenvalue weighted by Gasteiger charge is -2.19. The number of nitrogens with zero attached hydrogens (tertiary/aromatic N) is 2. The largest absolute Gasteiger partial charge is 0.340 e. The van der Waals surface area contributed by atoms with Crippen LogP contribution in [0.4, 0.5) is 17.2 Å². The predicted octanol–water partition coefficient (Wildman–Crippen LogP) is 5.25. The number of carbonyl (C=O) groups excluding carboxylic acids is 1. The topological polar surface area (TPSA) is 77.8 Å². The van der Waals surface area contributed by atoms with E-state index in [4.69, 9.17) is 5.26 Å². The highest BCUT2D eigenvalue weighted by Crippen LogP contribution is 2.24. The fourth-order valence-electron chi connectivity index (χ4n) is 2.67. The summed E-state index contributed by atoms with van der Waals surface area (Å²) >= 11 is 0. The molecule has 140 valence electrons. The van der Waals surface area contributed by atoms with Crippen LogP contribution in [0.5, 0.6) is 0 Å². The summed E-state index contributed by atoms with van der Waals surface area (Å²) in [6, 6.07) is 20.3. The molecular formula is C23H22N4O. The summed E-state index contributed by atoms with van der Waals surface area (Å²) in [6.45, 7) is 6.52. The molecule has 0 aliphatic rings. The molecule has 5 nitrogen and oxygen atoms in total. The van der Waals surface area contributed by atoms with E-state index in [2.05, 4.69) is 54.6 Å². The predicted molar refractivity (Wildman–Crippen MR) is 112 cm³/mol. The lowest BCUT2D eigenvalue weighted by molar-refractivity contribution is 0.102. The Labute approximate surface area is 165 Å². The van der Waals surface area contributed by atoms with E-state index < -0.39 is 0 Å². The minimum Gasteiger partial charge on any atom is -0.340 e. The summed E-state index contributed by atoms with van der Waals surface area (Å²) < 4.78 is 0. The molecule has 28 heavy (non-hydrogen) atoms. The average Bonchev–Trinajstić information content (AvgIpc) is 2.68. The Kier molecular flexibility index (Phi) is 5.42. The zero-order valence-corrected chi connectivity index (χ0v) is 16.2. The van der Waals surface area contributed by atoms with Crippen molar-refractivity contribution in [2.24, 2.45) is 0 Å². The van der Waals surface area contributed by atoms with Gasteiger partial charge in [-0.3, -0.25) is 4.79 Å². The van der Waals surface area contributed by atoms with Crippen LogP contribution in [-0.4, -0.2) is 10.9 Å². The molecule has 0 atom stereocenters. The molecule has 3 aromatic rings. The smallest absolute Gasteiger partial charge is 0.255 e. The third-order valence-corrected chi connectivity index (χ3v) is 4.32. The first kappa shape index (κ1) is 19.1. The van der Waals surface area contributed by atoms with Gasteiger partial charge in [0.1, 0.15) is 5.82 Å². The standard InChI is InChI=1S/C23H22N4O/c1-23(2,3)18-6-10-19(11-7-18)26-21-14-17(12-13-25-21)22(28)27-20-8-4-16(15-24)5-9-20/h4-14H,1-3H3,(H,25,26)(H,27,28). The number of aromatic nitrogens is 1. The van der Waals surface area contributed by atoms with Gasteiger partial charge in [0.15, 0.2) is 0 Å². The van der Waals surface area contributed by atoms with Gasteiger partial charge in [-0.2, -0.15) is 5.26 Å². The van der Waals surface area contributed by atoms with Gasteiger partial charge < -0.3 is 10.6 Å². The van der Waals surface area contributed by atoms with Crippen LogP contribution in [0.25, 0.3) is 0 Å². The van der Waals surface area contributed by atoms with Crippen molar-refractivity contribution in [3.05, 3.63) is 83.6 Å². The first-order chi connectivity index (χ1) is 13.3. The molecule has 0 aliphatic heterocycles. The normalized spacial score (nSPS) is 10.8. The first-order valence-corrected chi connectivity index (χ1v) is 9.00. The third-order valence-electron chi connectivity index (χ3n) is 4.32. The monoisotopic (exact) mass is 370 g/mol. The maximum atomic E-state index is 12.5. The molecule has 0 radical (unpaired) electrons. The number of pyridine rings is 1. The van der Waals surface area contributed by atoms with Gasteiger partial charge in [-0.25, -0.2) is 4.98 Å². The molecule has 2 N–H and O–H groups in total. The lowest BCUT2D eigenvalue weighted by atomic mass is 9.87. The minimum absolute atomic E-state index is 0.0974. The van der Waals surface area contributed by atoms with E-state index >= 15 is 0 Å². The van der Waals surface area contributed by atoms with Crippen molar-refractivity contribution in [1.29, 1.82) is 5.26 Å². The van der Waals surface area contributed by atoms with Crippen LogP contribution >= 0.6 is 0 Å². The maximum absolute atomic E-state index is 12.5. The summed E-state index contributed by atoms with van der Waals surface area (Å²) in [5.74, 6) is 0.356. The number of benzene rings is 2. The second-order valence-electron chi connectivity index (χ2n) is 7.53. The van der Waals surface area contributed by atoms with Crippen LogP contribution in [0.15, 0.2) is 66.9 Å². The van der Waals surface area contributed by atoms with Crippen molar-refractivity contribution >= 4 is 23.1 Å². The highest BCUT2D eigenvalue weighted by atomic mass is 16.1. The molecule has 0 aliphatic carbocycles. The fraction of sp³-hybridized carbons (Fsp3) is 0.174. The van der Waals surface area contributed by atoms with Crippen molar-refractivity contribution in [2.75, 3.05) is 10.6 Å². The van der Waals surface area contributed by atoms with Crippen molar-refractivity contribution in [1.82, 2.24) is 4.98 Å². The Balaban J connectivity index is 1.71. The molecule has 0 spiro atoms. The average molecular weight is 370 g/mol. The van der Waals surface area contributed by atoms with Gasteiger partial charge in [-0.05, 0) is 59.5 Å². The van der Waals surface area contributed by atoms with Crippen LogP contribution < -0.4 is 10.6 Å².